The second-order valence-corrected chi connectivity index (χ2v) is 5.88. The van der Waals surface area contributed by atoms with Crippen LogP contribution in [0.25, 0.3) is 0 Å². The number of carbonyl (C=O) groups is 1. The molecule has 0 aromatic heterocycles. The molecule has 1 N–H and O–H groups in total. The third-order valence-corrected chi connectivity index (χ3v) is 2.95. The fourth-order valence-corrected chi connectivity index (χ4v) is 2.14. The van der Waals surface area contributed by atoms with E-state index in [1.165, 1.54) is 0 Å². The largest absolute Gasteiger partial charge is 0.446 e. The van der Waals surface area contributed by atoms with Crippen LogP contribution in [0.4, 0.5) is 4.79 Å². The highest BCUT2D eigenvalue weighted by Crippen LogP contribution is 2.26. The number of rotatable bonds is 3. The third-order valence-electron chi connectivity index (χ3n) is 2.95. The zero-order valence-electron chi connectivity index (χ0n) is 11.4. The Morgan fingerprint density at radius 2 is 1.82 bits per heavy atom. The summed E-state index contributed by atoms with van der Waals surface area (Å²) in [5.74, 6) is 0.630. The van der Waals surface area contributed by atoms with Gasteiger partial charge in [0, 0.05) is 19.3 Å². The topological polar surface area (TPSA) is 47.6 Å². The molecule has 4 nitrogen and oxygen atoms in total. The van der Waals surface area contributed by atoms with Crippen LogP contribution in [0.1, 0.15) is 46.5 Å². The highest BCUT2D eigenvalue weighted by Gasteiger charge is 2.25. The predicted octanol–water partition coefficient (Wildman–Crippen LogP) is 2.72. The molecule has 1 amide bonds. The van der Waals surface area contributed by atoms with Gasteiger partial charge in [-0.1, -0.05) is 0 Å². The molecule has 17 heavy (non-hydrogen) atoms. The van der Waals surface area contributed by atoms with Crippen LogP contribution in [0.3, 0.4) is 0 Å². The Bertz CT molecular complexity index is 240. The second kappa shape index (κ2) is 6.24. The molecule has 0 atom stereocenters. The van der Waals surface area contributed by atoms with E-state index in [1.807, 2.05) is 20.8 Å². The lowest BCUT2D eigenvalue weighted by molar-refractivity contribution is 0.0444. The average molecular weight is 243 g/mol. The number of hydrogen-bond donors (Lipinski definition) is 1. The van der Waals surface area contributed by atoms with Crippen molar-refractivity contribution in [2.45, 2.75) is 58.1 Å². The number of nitrogens with one attached hydrogen (secondary N) is 1. The first-order valence-corrected chi connectivity index (χ1v) is 6.38. The summed E-state index contributed by atoms with van der Waals surface area (Å²) in [5.41, 5.74) is -0.232. The molecular formula is C13H25NO3. The lowest BCUT2D eigenvalue weighted by atomic mass is 9.88. The van der Waals surface area contributed by atoms with E-state index >= 15 is 0 Å². The van der Waals surface area contributed by atoms with E-state index in [0.29, 0.717) is 5.92 Å². The van der Waals surface area contributed by atoms with Crippen LogP contribution >= 0.6 is 0 Å². The number of ether oxygens (including phenoxy) is 2. The van der Waals surface area contributed by atoms with Crippen LogP contribution in [-0.2, 0) is 9.47 Å². The Labute approximate surface area is 104 Å². The van der Waals surface area contributed by atoms with Gasteiger partial charge < -0.3 is 14.8 Å². The van der Waals surface area contributed by atoms with Crippen molar-refractivity contribution >= 4 is 6.09 Å². The molecule has 0 aromatic carbocycles. The van der Waals surface area contributed by atoms with Gasteiger partial charge in [0.25, 0.3) is 0 Å². The van der Waals surface area contributed by atoms with E-state index in [2.05, 4.69) is 5.32 Å². The molecule has 0 aromatic rings. The summed E-state index contributed by atoms with van der Waals surface area (Å²) < 4.78 is 10.5. The zero-order chi connectivity index (χ0) is 12.9. The molecule has 1 aliphatic rings. The summed E-state index contributed by atoms with van der Waals surface area (Å²) in [6.45, 7) is 6.66. The zero-order valence-corrected chi connectivity index (χ0v) is 11.4. The smallest absolute Gasteiger partial charge is 0.407 e. The Hall–Kier alpha value is -0.770. The fourth-order valence-electron chi connectivity index (χ4n) is 2.14. The molecule has 0 radical (unpaired) electrons. The van der Waals surface area contributed by atoms with Gasteiger partial charge in [0.1, 0.15) is 6.10 Å². The maximum atomic E-state index is 11.6. The molecule has 1 rings (SSSR count). The summed E-state index contributed by atoms with van der Waals surface area (Å²) >= 11 is 0. The quantitative estimate of drug-likeness (QED) is 0.829. The summed E-state index contributed by atoms with van der Waals surface area (Å²) in [4.78, 5) is 11.6. The van der Waals surface area contributed by atoms with E-state index in [4.69, 9.17) is 9.47 Å². The molecular weight excluding hydrogens is 218 g/mol. The molecule has 0 unspecified atom stereocenters. The molecule has 1 saturated carbocycles. The number of methoxy groups -OCH3 is 1. The molecule has 0 aliphatic heterocycles. The van der Waals surface area contributed by atoms with Gasteiger partial charge in [0.05, 0.1) is 0 Å². The Morgan fingerprint density at radius 1 is 1.24 bits per heavy atom. The van der Waals surface area contributed by atoms with Crippen LogP contribution < -0.4 is 5.32 Å². The number of carbonyl (C=O) groups excluding carboxylic acids is 1. The molecule has 0 saturated heterocycles. The van der Waals surface area contributed by atoms with Crippen molar-refractivity contribution in [3.8, 4) is 0 Å². The minimum atomic E-state index is -0.298. The van der Waals surface area contributed by atoms with Gasteiger partial charge >= 0.3 is 6.09 Å². The van der Waals surface area contributed by atoms with Crippen molar-refractivity contribution in [2.75, 3.05) is 13.7 Å². The first-order valence-electron chi connectivity index (χ1n) is 6.38. The van der Waals surface area contributed by atoms with Gasteiger partial charge in [-0.15, -0.1) is 0 Å². The number of amides is 1. The van der Waals surface area contributed by atoms with Gasteiger partial charge in [-0.3, -0.25) is 0 Å². The average Bonchev–Trinajstić information content (AvgIpc) is 2.18. The first-order chi connectivity index (χ1) is 7.90. The minimum Gasteiger partial charge on any atom is -0.446 e. The first kappa shape index (κ1) is 14.3. The van der Waals surface area contributed by atoms with Crippen molar-refractivity contribution < 1.29 is 14.3 Å². The summed E-state index contributed by atoms with van der Waals surface area (Å²) in [7, 11) is 1.74. The Balaban J connectivity index is 2.24. The molecule has 0 heterocycles. The fraction of sp³-hybridized carbons (Fsp3) is 0.923. The van der Waals surface area contributed by atoms with Gasteiger partial charge in [0.15, 0.2) is 0 Å². The summed E-state index contributed by atoms with van der Waals surface area (Å²) in [5, 5.41) is 2.82. The maximum absolute atomic E-state index is 11.6. The maximum Gasteiger partial charge on any atom is 0.407 e. The molecule has 0 bridgehead atoms. The van der Waals surface area contributed by atoms with Gasteiger partial charge in [-0.2, -0.15) is 0 Å². The molecule has 4 heteroatoms. The summed E-state index contributed by atoms with van der Waals surface area (Å²) in [6, 6.07) is 0. The monoisotopic (exact) mass is 243 g/mol. The molecule has 1 aliphatic carbocycles. The second-order valence-electron chi connectivity index (χ2n) is 5.88. The van der Waals surface area contributed by atoms with Crippen molar-refractivity contribution in [3.05, 3.63) is 0 Å². The Kier molecular flexibility index (Phi) is 5.25. The van der Waals surface area contributed by atoms with Crippen molar-refractivity contribution in [2.24, 2.45) is 5.92 Å². The van der Waals surface area contributed by atoms with E-state index in [9.17, 15) is 4.79 Å². The highest BCUT2D eigenvalue weighted by atomic mass is 16.6. The SMILES string of the molecule is COCC1CCC(OC(=O)NC(C)(C)C)CC1. The predicted molar refractivity (Wildman–Crippen MR) is 67.0 cm³/mol. The van der Waals surface area contributed by atoms with Crippen LogP contribution in [0, 0.1) is 5.92 Å². The van der Waals surface area contributed by atoms with E-state index < -0.39 is 0 Å². The van der Waals surface area contributed by atoms with Crippen molar-refractivity contribution in [1.82, 2.24) is 5.32 Å². The Morgan fingerprint density at radius 3 is 2.29 bits per heavy atom. The number of alkyl carbamates (subject to hydrolysis) is 1. The summed E-state index contributed by atoms with van der Waals surface area (Å²) in [6.07, 6.45) is 3.85. The highest BCUT2D eigenvalue weighted by molar-refractivity contribution is 5.68. The van der Waals surface area contributed by atoms with Crippen LogP contribution in [0.15, 0.2) is 0 Å². The lowest BCUT2D eigenvalue weighted by Crippen LogP contribution is -2.42. The lowest BCUT2D eigenvalue weighted by Gasteiger charge is -2.29. The van der Waals surface area contributed by atoms with E-state index in [0.717, 1.165) is 32.3 Å². The minimum absolute atomic E-state index is 0.0745. The molecule has 1 fully saturated rings. The van der Waals surface area contributed by atoms with Crippen molar-refractivity contribution in [3.63, 3.8) is 0 Å². The van der Waals surface area contributed by atoms with E-state index in [1.54, 1.807) is 7.11 Å². The number of hydrogen-bond acceptors (Lipinski definition) is 3. The van der Waals surface area contributed by atoms with Crippen LogP contribution in [0.5, 0.6) is 0 Å². The van der Waals surface area contributed by atoms with Crippen LogP contribution in [0.2, 0.25) is 0 Å². The molecule has 100 valence electrons. The molecule has 0 spiro atoms. The third kappa shape index (κ3) is 5.91. The standard InChI is InChI=1S/C13H25NO3/c1-13(2,3)14-12(15)17-11-7-5-10(6-8-11)9-16-4/h10-11H,5-9H2,1-4H3,(H,14,15). The van der Waals surface area contributed by atoms with Gasteiger partial charge in [0.2, 0.25) is 0 Å². The van der Waals surface area contributed by atoms with E-state index in [-0.39, 0.29) is 17.7 Å². The van der Waals surface area contributed by atoms with Gasteiger partial charge in [-0.25, -0.2) is 4.79 Å². The van der Waals surface area contributed by atoms with Gasteiger partial charge in [-0.05, 0) is 52.4 Å². The normalized spacial score (nSPS) is 25.4. The van der Waals surface area contributed by atoms with Crippen LogP contribution in [-0.4, -0.2) is 31.5 Å². The van der Waals surface area contributed by atoms with Crippen molar-refractivity contribution in [1.29, 1.82) is 0 Å².